The molecule has 0 atom stereocenters. The number of thiophene rings is 1. The van der Waals surface area contributed by atoms with E-state index in [1.54, 1.807) is 18.4 Å². The van der Waals surface area contributed by atoms with Crippen molar-refractivity contribution in [1.29, 1.82) is 0 Å². The van der Waals surface area contributed by atoms with Crippen LogP contribution >= 0.6 is 27.3 Å². The summed E-state index contributed by atoms with van der Waals surface area (Å²) in [6, 6.07) is 1.96. The van der Waals surface area contributed by atoms with Crippen LogP contribution < -0.4 is 5.32 Å². The molecule has 0 aliphatic heterocycles. The second-order valence-corrected chi connectivity index (χ2v) is 8.88. The highest BCUT2D eigenvalue weighted by Gasteiger charge is 2.17. The number of halogens is 1. The molecule has 19 heavy (non-hydrogen) atoms. The van der Waals surface area contributed by atoms with Crippen molar-refractivity contribution in [1.82, 2.24) is 9.62 Å². The van der Waals surface area contributed by atoms with E-state index in [4.69, 9.17) is 0 Å². The fourth-order valence-electron chi connectivity index (χ4n) is 1.65. The standard InChI is InChI=1S/C12H21BrN2O2S2/c1-3-14-6-4-5-7-19(16,17)15(2)9-11-8-12(13)18-10-11/h8,10,14H,3-7,9H2,1-2H3. The molecule has 0 aromatic carbocycles. The normalized spacial score (nSPS) is 12.2. The van der Waals surface area contributed by atoms with Crippen LogP contribution in [0, 0.1) is 0 Å². The van der Waals surface area contributed by atoms with Crippen LogP contribution in [-0.2, 0) is 16.6 Å². The molecule has 4 nitrogen and oxygen atoms in total. The topological polar surface area (TPSA) is 49.4 Å². The molecule has 0 unspecified atom stereocenters. The van der Waals surface area contributed by atoms with Crippen LogP contribution in [0.25, 0.3) is 0 Å². The lowest BCUT2D eigenvalue weighted by molar-refractivity contribution is 0.464. The van der Waals surface area contributed by atoms with Gasteiger partial charge in [0.05, 0.1) is 9.54 Å². The van der Waals surface area contributed by atoms with Gasteiger partial charge in [-0.15, -0.1) is 11.3 Å². The van der Waals surface area contributed by atoms with E-state index in [0.717, 1.165) is 28.9 Å². The Balaban J connectivity index is 2.39. The fourth-order valence-corrected chi connectivity index (χ4v) is 4.08. The maximum absolute atomic E-state index is 12.1. The Kier molecular flexibility index (Phi) is 7.53. The predicted octanol–water partition coefficient (Wildman–Crippen LogP) is 2.66. The van der Waals surface area contributed by atoms with Gasteiger partial charge in [-0.2, -0.15) is 0 Å². The Labute approximate surface area is 128 Å². The van der Waals surface area contributed by atoms with Gasteiger partial charge in [-0.05, 0) is 58.9 Å². The summed E-state index contributed by atoms with van der Waals surface area (Å²) >= 11 is 4.95. The summed E-state index contributed by atoms with van der Waals surface area (Å²) in [6.45, 7) is 4.30. The maximum Gasteiger partial charge on any atom is 0.214 e. The molecule has 0 saturated carbocycles. The van der Waals surface area contributed by atoms with Crippen molar-refractivity contribution in [2.75, 3.05) is 25.9 Å². The van der Waals surface area contributed by atoms with Gasteiger partial charge in [-0.1, -0.05) is 6.92 Å². The summed E-state index contributed by atoms with van der Waals surface area (Å²) in [4.78, 5) is 0. The molecule has 0 radical (unpaired) electrons. The van der Waals surface area contributed by atoms with Gasteiger partial charge in [0.25, 0.3) is 0 Å². The Bertz CT molecular complexity index is 474. The van der Waals surface area contributed by atoms with Crippen molar-refractivity contribution < 1.29 is 8.42 Å². The molecule has 110 valence electrons. The first kappa shape index (κ1) is 17.1. The van der Waals surface area contributed by atoms with Crippen molar-refractivity contribution in [3.63, 3.8) is 0 Å². The van der Waals surface area contributed by atoms with Gasteiger partial charge >= 0.3 is 0 Å². The number of rotatable bonds is 9. The highest BCUT2D eigenvalue weighted by Crippen LogP contribution is 2.22. The third kappa shape index (κ3) is 6.35. The van der Waals surface area contributed by atoms with Crippen molar-refractivity contribution in [3.05, 3.63) is 20.8 Å². The van der Waals surface area contributed by atoms with Crippen LogP contribution in [0.1, 0.15) is 25.3 Å². The van der Waals surface area contributed by atoms with Crippen LogP contribution in [0.2, 0.25) is 0 Å². The molecule has 1 rings (SSSR count). The van der Waals surface area contributed by atoms with Gasteiger partial charge in [0.1, 0.15) is 0 Å². The molecule has 0 saturated heterocycles. The van der Waals surface area contributed by atoms with Gasteiger partial charge in [0, 0.05) is 13.6 Å². The average Bonchev–Trinajstić information content (AvgIpc) is 2.74. The summed E-state index contributed by atoms with van der Waals surface area (Å²) in [6.07, 6.45) is 1.60. The molecule has 1 heterocycles. The molecule has 0 bridgehead atoms. The highest BCUT2D eigenvalue weighted by molar-refractivity contribution is 9.11. The zero-order chi connectivity index (χ0) is 14.3. The van der Waals surface area contributed by atoms with Crippen LogP contribution in [0.5, 0.6) is 0 Å². The summed E-state index contributed by atoms with van der Waals surface area (Å²) < 4.78 is 26.6. The quantitative estimate of drug-likeness (QED) is 0.681. The summed E-state index contributed by atoms with van der Waals surface area (Å²) in [5.41, 5.74) is 1.02. The second kappa shape index (κ2) is 8.36. The molecule has 0 aliphatic carbocycles. The molecule has 0 spiro atoms. The minimum atomic E-state index is -3.14. The van der Waals surface area contributed by atoms with Crippen molar-refractivity contribution in [2.45, 2.75) is 26.3 Å². The summed E-state index contributed by atoms with van der Waals surface area (Å²) in [7, 11) is -1.50. The first-order valence-corrected chi connectivity index (χ1v) is 9.61. The van der Waals surface area contributed by atoms with Gasteiger partial charge in [0.15, 0.2) is 0 Å². The lowest BCUT2D eigenvalue weighted by atomic mass is 10.3. The van der Waals surface area contributed by atoms with Crippen LogP contribution in [-0.4, -0.2) is 38.6 Å². The van der Waals surface area contributed by atoms with E-state index in [2.05, 4.69) is 21.2 Å². The third-order valence-corrected chi connectivity index (χ3v) is 6.19. The molecule has 0 amide bonds. The molecular weight excluding hydrogens is 348 g/mol. The average molecular weight is 369 g/mol. The van der Waals surface area contributed by atoms with Crippen LogP contribution in [0.4, 0.5) is 0 Å². The van der Waals surface area contributed by atoms with E-state index in [0.29, 0.717) is 13.0 Å². The predicted molar refractivity (Wildman–Crippen MR) is 85.1 cm³/mol. The molecule has 1 N–H and O–H groups in total. The lowest BCUT2D eigenvalue weighted by Gasteiger charge is -2.16. The largest absolute Gasteiger partial charge is 0.317 e. The van der Waals surface area contributed by atoms with Crippen LogP contribution in [0.15, 0.2) is 15.2 Å². The summed E-state index contributed by atoms with van der Waals surface area (Å²) in [5, 5.41) is 5.17. The van der Waals surface area contributed by atoms with E-state index in [9.17, 15) is 8.42 Å². The number of hydrogen-bond acceptors (Lipinski definition) is 4. The number of nitrogens with one attached hydrogen (secondary N) is 1. The lowest BCUT2D eigenvalue weighted by Crippen LogP contribution is -2.29. The molecule has 0 aliphatic rings. The zero-order valence-corrected chi connectivity index (χ0v) is 14.6. The Morgan fingerprint density at radius 2 is 2.16 bits per heavy atom. The summed E-state index contributed by atoms with van der Waals surface area (Å²) in [5.74, 6) is 0.222. The third-order valence-electron chi connectivity index (χ3n) is 2.76. The Morgan fingerprint density at radius 3 is 2.74 bits per heavy atom. The SMILES string of the molecule is CCNCCCCS(=O)(=O)N(C)Cc1csc(Br)c1. The fraction of sp³-hybridized carbons (Fsp3) is 0.667. The van der Waals surface area contributed by atoms with E-state index < -0.39 is 10.0 Å². The Hall–Kier alpha value is 0.0500. The minimum Gasteiger partial charge on any atom is -0.317 e. The van der Waals surface area contributed by atoms with Crippen molar-refractivity contribution in [3.8, 4) is 0 Å². The minimum absolute atomic E-state index is 0.222. The molecular formula is C12H21BrN2O2S2. The van der Waals surface area contributed by atoms with Crippen LogP contribution in [0.3, 0.4) is 0 Å². The van der Waals surface area contributed by atoms with E-state index in [1.165, 1.54) is 4.31 Å². The number of hydrogen-bond donors (Lipinski definition) is 1. The molecule has 7 heteroatoms. The van der Waals surface area contributed by atoms with E-state index in [1.807, 2.05) is 18.4 Å². The maximum atomic E-state index is 12.1. The van der Waals surface area contributed by atoms with E-state index in [-0.39, 0.29) is 5.75 Å². The highest BCUT2D eigenvalue weighted by atomic mass is 79.9. The number of sulfonamides is 1. The van der Waals surface area contributed by atoms with Crippen molar-refractivity contribution in [2.24, 2.45) is 0 Å². The monoisotopic (exact) mass is 368 g/mol. The first-order chi connectivity index (χ1) is 8.95. The molecule has 1 aromatic heterocycles. The zero-order valence-electron chi connectivity index (χ0n) is 11.4. The number of unbranched alkanes of at least 4 members (excludes halogenated alkanes) is 1. The molecule has 1 aromatic rings. The first-order valence-electron chi connectivity index (χ1n) is 6.33. The Morgan fingerprint density at radius 1 is 1.42 bits per heavy atom. The van der Waals surface area contributed by atoms with Gasteiger partial charge in [-0.3, -0.25) is 0 Å². The molecule has 0 fully saturated rings. The van der Waals surface area contributed by atoms with Crippen molar-refractivity contribution >= 4 is 37.3 Å². The number of nitrogens with zero attached hydrogens (tertiary/aromatic N) is 1. The van der Waals surface area contributed by atoms with E-state index >= 15 is 0 Å². The smallest absolute Gasteiger partial charge is 0.214 e. The van der Waals surface area contributed by atoms with Gasteiger partial charge < -0.3 is 5.32 Å². The van der Waals surface area contributed by atoms with Gasteiger partial charge in [-0.25, -0.2) is 12.7 Å². The second-order valence-electron chi connectivity index (χ2n) is 4.39. The van der Waals surface area contributed by atoms with Gasteiger partial charge in [0.2, 0.25) is 10.0 Å².